The molecule has 1 aromatic heterocycles. The highest BCUT2D eigenvalue weighted by atomic mass is 35.5. The third kappa shape index (κ3) is 3.44. The normalized spacial score (nSPS) is 10.6. The minimum absolute atomic E-state index is 0.498. The number of nitrogens with zero attached hydrogens (tertiary/aromatic N) is 1. The van der Waals surface area contributed by atoms with Gasteiger partial charge in [0.15, 0.2) is 9.09 Å². The van der Waals surface area contributed by atoms with Gasteiger partial charge in [-0.1, -0.05) is 53.5 Å². The number of halogens is 2. The first-order chi connectivity index (χ1) is 10.1. The van der Waals surface area contributed by atoms with E-state index in [4.69, 9.17) is 35.4 Å². The van der Waals surface area contributed by atoms with Gasteiger partial charge in [0.05, 0.1) is 10.0 Å². The molecule has 0 radical (unpaired) electrons. The smallest absolute Gasteiger partial charge is 0.199 e. The molecule has 0 bridgehead atoms. The van der Waals surface area contributed by atoms with Crippen molar-refractivity contribution in [3.63, 3.8) is 0 Å². The van der Waals surface area contributed by atoms with E-state index in [2.05, 4.69) is 10.3 Å². The fourth-order valence-corrected chi connectivity index (χ4v) is 4.06. The minimum atomic E-state index is 0.498. The second-order valence-electron chi connectivity index (χ2n) is 4.15. The van der Waals surface area contributed by atoms with Gasteiger partial charge in [0, 0.05) is 11.3 Å². The molecule has 0 saturated carbocycles. The lowest BCUT2D eigenvalue weighted by molar-refractivity contribution is 1.39. The highest BCUT2D eigenvalue weighted by molar-refractivity contribution is 7.79. The maximum absolute atomic E-state index is 6.16. The summed E-state index contributed by atoms with van der Waals surface area (Å²) < 4.78 is 0.615. The van der Waals surface area contributed by atoms with Crippen molar-refractivity contribution >= 4 is 66.9 Å². The molecular weight excluding hydrogens is 363 g/mol. The van der Waals surface area contributed by atoms with Gasteiger partial charge < -0.3 is 5.32 Å². The Morgan fingerprint density at radius 3 is 2.38 bits per heavy atom. The van der Waals surface area contributed by atoms with Crippen LogP contribution in [-0.4, -0.2) is 4.98 Å². The molecule has 106 valence electrons. The van der Waals surface area contributed by atoms with Gasteiger partial charge >= 0.3 is 0 Å². The molecule has 0 unspecified atom stereocenters. The van der Waals surface area contributed by atoms with Crippen molar-refractivity contribution < 1.29 is 0 Å². The zero-order chi connectivity index (χ0) is 14.8. The number of nitrogens with one attached hydrogen (secondary N) is 1. The maximum atomic E-state index is 6.16. The molecule has 7 heteroatoms. The number of rotatable bonds is 3. The van der Waals surface area contributed by atoms with Crippen molar-refractivity contribution in [2.45, 2.75) is 0 Å². The van der Waals surface area contributed by atoms with Crippen molar-refractivity contribution in [2.24, 2.45) is 0 Å². The van der Waals surface area contributed by atoms with Crippen LogP contribution in [0, 0.1) is 3.95 Å². The van der Waals surface area contributed by atoms with Crippen molar-refractivity contribution in [2.75, 3.05) is 5.32 Å². The van der Waals surface area contributed by atoms with Gasteiger partial charge in [-0.2, -0.15) is 4.98 Å². The van der Waals surface area contributed by atoms with Crippen LogP contribution in [0.4, 0.5) is 10.8 Å². The van der Waals surface area contributed by atoms with E-state index in [1.54, 1.807) is 6.07 Å². The van der Waals surface area contributed by atoms with Crippen molar-refractivity contribution in [3.05, 3.63) is 56.5 Å². The first kappa shape index (κ1) is 14.9. The quantitative estimate of drug-likeness (QED) is 0.412. The van der Waals surface area contributed by atoms with E-state index in [1.807, 2.05) is 36.4 Å². The van der Waals surface area contributed by atoms with Crippen LogP contribution in [0.15, 0.2) is 42.5 Å². The summed E-state index contributed by atoms with van der Waals surface area (Å²) in [7, 11) is 2.95. The Balaban J connectivity index is 2.10. The molecule has 0 fully saturated rings. The number of aromatic nitrogens is 1. The second-order valence-corrected chi connectivity index (χ2v) is 7.72. The largest absolute Gasteiger partial charge is 0.330 e. The summed E-state index contributed by atoms with van der Waals surface area (Å²) in [6, 6.07) is 13.6. The second kappa shape index (κ2) is 6.42. The van der Waals surface area contributed by atoms with E-state index < -0.39 is 0 Å². The number of anilines is 2. The SMILES string of the molecule is S=c1nc(Nc2cc(Cl)c(Cl)cc2-c2ccccc2)ss1. The Hall–Kier alpha value is -0.980. The number of hydrogen-bond donors (Lipinski definition) is 1. The van der Waals surface area contributed by atoms with Crippen LogP contribution >= 0.6 is 56.1 Å². The lowest BCUT2D eigenvalue weighted by atomic mass is 10.0. The van der Waals surface area contributed by atoms with E-state index in [0.717, 1.165) is 21.9 Å². The molecule has 21 heavy (non-hydrogen) atoms. The topological polar surface area (TPSA) is 24.9 Å². The van der Waals surface area contributed by atoms with Gasteiger partial charge in [-0.15, -0.1) is 0 Å². The van der Waals surface area contributed by atoms with Crippen LogP contribution in [-0.2, 0) is 0 Å². The summed E-state index contributed by atoms with van der Waals surface area (Å²) in [6.07, 6.45) is 0. The molecular formula is C14H8Cl2N2S3. The first-order valence-corrected chi connectivity index (χ1v) is 9.23. The highest BCUT2D eigenvalue weighted by Crippen LogP contribution is 2.37. The van der Waals surface area contributed by atoms with Gasteiger partial charge in [0.25, 0.3) is 0 Å². The predicted molar refractivity (Wildman–Crippen MR) is 96.0 cm³/mol. The number of hydrogen-bond acceptors (Lipinski definition) is 5. The average molecular weight is 371 g/mol. The molecule has 1 N–H and O–H groups in total. The van der Waals surface area contributed by atoms with Crippen LogP contribution in [0.5, 0.6) is 0 Å². The van der Waals surface area contributed by atoms with E-state index in [1.165, 1.54) is 20.7 Å². The molecule has 0 aliphatic rings. The van der Waals surface area contributed by atoms with Crippen LogP contribution < -0.4 is 5.32 Å². The van der Waals surface area contributed by atoms with Gasteiger partial charge in [0.2, 0.25) is 0 Å². The molecule has 0 atom stereocenters. The third-order valence-electron chi connectivity index (χ3n) is 2.77. The summed E-state index contributed by atoms with van der Waals surface area (Å²) in [5.74, 6) is 0. The molecule has 2 aromatic carbocycles. The molecule has 0 aliphatic carbocycles. The Morgan fingerprint density at radius 1 is 1.00 bits per heavy atom. The molecule has 1 heterocycles. The Labute approximate surface area is 144 Å². The zero-order valence-corrected chi connectivity index (χ0v) is 14.4. The van der Waals surface area contributed by atoms with Crippen molar-refractivity contribution in [1.29, 1.82) is 0 Å². The molecule has 0 spiro atoms. The Morgan fingerprint density at radius 2 is 1.71 bits per heavy atom. The standard InChI is InChI=1S/C14H8Cl2N2S3/c15-10-6-9(8-4-2-1-3-5-8)12(7-11(10)16)17-13-18-14(19)21-20-13/h1-7H,(H,17,18,19). The molecule has 3 aromatic rings. The van der Waals surface area contributed by atoms with Crippen molar-refractivity contribution in [3.8, 4) is 11.1 Å². The van der Waals surface area contributed by atoms with E-state index >= 15 is 0 Å². The summed E-state index contributed by atoms with van der Waals surface area (Å²) in [5, 5.41) is 5.04. The number of benzene rings is 2. The maximum Gasteiger partial charge on any atom is 0.199 e. The molecule has 0 aliphatic heterocycles. The van der Waals surface area contributed by atoms with Crippen LogP contribution in [0.1, 0.15) is 0 Å². The predicted octanol–water partition coefficient (Wildman–Crippen LogP) is 6.65. The minimum Gasteiger partial charge on any atom is -0.330 e. The van der Waals surface area contributed by atoms with Crippen LogP contribution in [0.2, 0.25) is 10.0 Å². The Bertz CT molecular complexity index is 828. The Kier molecular flexibility index (Phi) is 4.57. The summed E-state index contributed by atoms with van der Waals surface area (Å²) in [4.78, 5) is 4.26. The molecule has 3 rings (SSSR count). The summed E-state index contributed by atoms with van der Waals surface area (Å²) in [5.41, 5.74) is 2.88. The van der Waals surface area contributed by atoms with Crippen LogP contribution in [0.25, 0.3) is 11.1 Å². The first-order valence-electron chi connectivity index (χ1n) is 5.92. The molecule has 0 saturated heterocycles. The lowest BCUT2D eigenvalue weighted by Crippen LogP contribution is -1.93. The van der Waals surface area contributed by atoms with E-state index in [-0.39, 0.29) is 0 Å². The van der Waals surface area contributed by atoms with E-state index in [9.17, 15) is 0 Å². The third-order valence-corrected chi connectivity index (χ3v) is 6.02. The molecule has 2 nitrogen and oxygen atoms in total. The molecule has 0 amide bonds. The average Bonchev–Trinajstić information content (AvgIpc) is 2.89. The van der Waals surface area contributed by atoms with Crippen LogP contribution in [0.3, 0.4) is 0 Å². The lowest BCUT2D eigenvalue weighted by Gasteiger charge is -2.12. The fourth-order valence-electron chi connectivity index (χ4n) is 1.87. The zero-order valence-electron chi connectivity index (χ0n) is 10.5. The van der Waals surface area contributed by atoms with Gasteiger partial charge in [0.1, 0.15) is 0 Å². The van der Waals surface area contributed by atoms with E-state index in [0.29, 0.717) is 14.0 Å². The van der Waals surface area contributed by atoms with Gasteiger partial charge in [-0.25, -0.2) is 0 Å². The fraction of sp³-hybridized carbons (Fsp3) is 0. The van der Waals surface area contributed by atoms with Crippen molar-refractivity contribution in [1.82, 2.24) is 4.98 Å². The summed E-state index contributed by atoms with van der Waals surface area (Å²) >= 11 is 17.3. The van der Waals surface area contributed by atoms with Gasteiger partial charge in [-0.3, -0.25) is 0 Å². The monoisotopic (exact) mass is 370 g/mol. The van der Waals surface area contributed by atoms with Gasteiger partial charge in [-0.05, 0) is 50.6 Å². The summed E-state index contributed by atoms with van der Waals surface area (Å²) in [6.45, 7) is 0. The highest BCUT2D eigenvalue weighted by Gasteiger charge is 2.11.